The van der Waals surface area contributed by atoms with E-state index in [4.69, 9.17) is 9.47 Å². The molecule has 0 aromatic carbocycles. The van der Waals surface area contributed by atoms with Crippen molar-refractivity contribution in [3.05, 3.63) is 0 Å². The Morgan fingerprint density at radius 2 is 2.13 bits per heavy atom. The van der Waals surface area contributed by atoms with Gasteiger partial charge in [0.25, 0.3) is 5.91 Å². The van der Waals surface area contributed by atoms with Crippen LogP contribution in [0.1, 0.15) is 27.2 Å². The molecular formula is C14H22N2O6S. The molecule has 2 heterocycles. The maximum atomic E-state index is 12.7. The van der Waals surface area contributed by atoms with E-state index in [1.807, 2.05) is 0 Å². The molecule has 23 heavy (non-hydrogen) atoms. The molecule has 0 radical (unpaired) electrons. The Kier molecular flexibility index (Phi) is 4.81. The third-order valence-electron chi connectivity index (χ3n) is 3.74. The summed E-state index contributed by atoms with van der Waals surface area (Å²) >= 11 is 1.43. The number of fused-ring (bicyclic) bond motifs is 1. The van der Waals surface area contributed by atoms with Gasteiger partial charge in [0.2, 0.25) is 0 Å². The highest BCUT2D eigenvalue weighted by Crippen LogP contribution is 2.42. The van der Waals surface area contributed by atoms with Crippen molar-refractivity contribution in [2.45, 2.75) is 49.7 Å². The SMILES string of the molecule is COC(=O)C1CSC2CC(CO)(NC(=O)OC(C)(C)C)C(=O)N21. The first-order chi connectivity index (χ1) is 10.6. The van der Waals surface area contributed by atoms with Crippen molar-refractivity contribution in [2.75, 3.05) is 19.5 Å². The monoisotopic (exact) mass is 346 g/mol. The summed E-state index contributed by atoms with van der Waals surface area (Å²) in [6, 6.07) is -0.698. The van der Waals surface area contributed by atoms with Crippen LogP contribution in [-0.4, -0.2) is 70.0 Å². The summed E-state index contributed by atoms with van der Waals surface area (Å²) in [6.07, 6.45) is -0.569. The van der Waals surface area contributed by atoms with E-state index in [-0.39, 0.29) is 11.8 Å². The van der Waals surface area contributed by atoms with Crippen molar-refractivity contribution in [3.63, 3.8) is 0 Å². The average Bonchev–Trinajstić information content (AvgIpc) is 2.96. The first-order valence-corrected chi connectivity index (χ1v) is 8.32. The van der Waals surface area contributed by atoms with E-state index in [1.165, 1.54) is 23.8 Å². The molecule has 0 spiro atoms. The number of ether oxygens (including phenoxy) is 2. The number of nitrogens with one attached hydrogen (secondary N) is 1. The molecule has 2 aliphatic heterocycles. The molecule has 0 saturated carbocycles. The van der Waals surface area contributed by atoms with Crippen LogP contribution in [0, 0.1) is 0 Å². The molecule has 8 nitrogen and oxygen atoms in total. The Balaban J connectivity index is 2.17. The Bertz CT molecular complexity index is 520. The van der Waals surface area contributed by atoms with E-state index in [0.29, 0.717) is 5.75 Å². The molecule has 0 aromatic heterocycles. The summed E-state index contributed by atoms with van der Waals surface area (Å²) in [5.74, 6) is -0.549. The van der Waals surface area contributed by atoms with E-state index >= 15 is 0 Å². The molecule has 0 aliphatic carbocycles. The van der Waals surface area contributed by atoms with Crippen LogP contribution in [0.3, 0.4) is 0 Å². The highest BCUT2D eigenvalue weighted by molar-refractivity contribution is 8.00. The smallest absolute Gasteiger partial charge is 0.408 e. The Morgan fingerprint density at radius 3 is 2.65 bits per heavy atom. The van der Waals surface area contributed by atoms with Gasteiger partial charge in [-0.05, 0) is 20.8 Å². The molecule has 2 N–H and O–H groups in total. The minimum Gasteiger partial charge on any atom is -0.467 e. The minimum atomic E-state index is -1.47. The first kappa shape index (κ1) is 17.9. The van der Waals surface area contributed by atoms with E-state index in [2.05, 4.69) is 5.32 Å². The number of hydrogen-bond donors (Lipinski definition) is 2. The Labute approximate surface area is 138 Å². The number of alkyl carbamates (subject to hydrolysis) is 1. The van der Waals surface area contributed by atoms with Crippen LogP contribution in [0.25, 0.3) is 0 Å². The first-order valence-electron chi connectivity index (χ1n) is 7.28. The summed E-state index contributed by atoms with van der Waals surface area (Å²) in [7, 11) is 1.26. The fraction of sp³-hybridized carbons (Fsp3) is 0.786. The standard InChI is InChI=1S/C14H22N2O6S/c1-13(2,3)22-12(20)15-14(7-17)5-9-16(11(14)19)8(6-23-9)10(18)21-4/h8-9,17H,5-7H2,1-4H3,(H,15,20). The normalized spacial score (nSPS) is 30.1. The highest BCUT2D eigenvalue weighted by Gasteiger charge is 2.59. The van der Waals surface area contributed by atoms with Crippen LogP contribution in [-0.2, 0) is 19.1 Å². The summed E-state index contributed by atoms with van der Waals surface area (Å²) in [4.78, 5) is 37.9. The van der Waals surface area contributed by atoms with Gasteiger partial charge >= 0.3 is 12.1 Å². The van der Waals surface area contributed by atoms with Crippen LogP contribution < -0.4 is 5.32 Å². The van der Waals surface area contributed by atoms with Crippen LogP contribution >= 0.6 is 11.8 Å². The molecule has 0 bridgehead atoms. The number of aliphatic hydroxyl groups is 1. The molecule has 0 aromatic rings. The second-order valence-corrected chi connectivity index (χ2v) is 7.82. The highest BCUT2D eigenvalue weighted by atomic mass is 32.2. The predicted molar refractivity (Wildman–Crippen MR) is 82.7 cm³/mol. The van der Waals surface area contributed by atoms with Crippen LogP contribution in [0.2, 0.25) is 0 Å². The Morgan fingerprint density at radius 1 is 1.48 bits per heavy atom. The van der Waals surface area contributed by atoms with Gasteiger partial charge in [0.15, 0.2) is 0 Å². The fourth-order valence-electron chi connectivity index (χ4n) is 2.72. The zero-order valence-corrected chi connectivity index (χ0v) is 14.4. The lowest BCUT2D eigenvalue weighted by molar-refractivity contribution is -0.151. The van der Waals surface area contributed by atoms with E-state index in [9.17, 15) is 19.5 Å². The van der Waals surface area contributed by atoms with Crippen molar-refractivity contribution < 1.29 is 29.0 Å². The summed E-state index contributed by atoms with van der Waals surface area (Å²) in [5.41, 5.74) is -2.19. The van der Waals surface area contributed by atoms with Gasteiger partial charge in [-0.1, -0.05) is 0 Å². The third-order valence-corrected chi connectivity index (χ3v) is 5.03. The second kappa shape index (κ2) is 6.20. The molecule has 2 aliphatic rings. The maximum Gasteiger partial charge on any atom is 0.408 e. The van der Waals surface area contributed by atoms with Gasteiger partial charge in [-0.3, -0.25) is 4.79 Å². The van der Waals surface area contributed by atoms with E-state index in [0.717, 1.165) is 0 Å². The van der Waals surface area contributed by atoms with Crippen molar-refractivity contribution in [2.24, 2.45) is 0 Å². The van der Waals surface area contributed by atoms with Crippen molar-refractivity contribution in [3.8, 4) is 0 Å². The molecule has 130 valence electrons. The van der Waals surface area contributed by atoms with Gasteiger partial charge in [0.1, 0.15) is 17.2 Å². The van der Waals surface area contributed by atoms with Crippen molar-refractivity contribution in [1.82, 2.24) is 10.2 Å². The Hall–Kier alpha value is -1.48. The number of esters is 1. The lowest BCUT2D eigenvalue weighted by atomic mass is 9.99. The number of rotatable bonds is 3. The van der Waals surface area contributed by atoms with Crippen LogP contribution in [0.15, 0.2) is 0 Å². The molecule has 2 saturated heterocycles. The molecule has 9 heteroatoms. The fourth-order valence-corrected chi connectivity index (χ4v) is 4.23. The van der Waals surface area contributed by atoms with Gasteiger partial charge < -0.3 is 24.8 Å². The van der Waals surface area contributed by atoms with Crippen molar-refractivity contribution in [1.29, 1.82) is 0 Å². The molecule has 2 fully saturated rings. The minimum absolute atomic E-state index is 0.208. The summed E-state index contributed by atoms with van der Waals surface area (Å²) < 4.78 is 9.88. The number of nitrogens with zero attached hydrogens (tertiary/aromatic N) is 1. The second-order valence-electron chi connectivity index (χ2n) is 6.61. The maximum absolute atomic E-state index is 12.7. The molecule has 2 rings (SSSR count). The van der Waals surface area contributed by atoms with Gasteiger partial charge in [-0.15, -0.1) is 11.8 Å². The molecule has 2 amide bonds. The number of hydrogen-bond acceptors (Lipinski definition) is 7. The number of carbonyl (C=O) groups is 3. The van der Waals surface area contributed by atoms with Gasteiger partial charge in [-0.25, -0.2) is 9.59 Å². The zero-order chi connectivity index (χ0) is 17.4. The zero-order valence-electron chi connectivity index (χ0n) is 13.6. The number of thioether (sulfide) groups is 1. The number of aliphatic hydroxyl groups excluding tert-OH is 1. The molecular weight excluding hydrogens is 324 g/mol. The molecule has 3 unspecified atom stereocenters. The predicted octanol–water partition coefficient (Wildman–Crippen LogP) is 0.0890. The van der Waals surface area contributed by atoms with E-state index in [1.54, 1.807) is 20.8 Å². The van der Waals surface area contributed by atoms with Gasteiger partial charge in [0, 0.05) is 12.2 Å². The quantitative estimate of drug-likeness (QED) is 0.698. The van der Waals surface area contributed by atoms with Gasteiger partial charge in [-0.2, -0.15) is 0 Å². The average molecular weight is 346 g/mol. The number of carbonyl (C=O) groups excluding carboxylic acids is 3. The lowest BCUT2D eigenvalue weighted by Crippen LogP contribution is -2.59. The number of amides is 2. The topological polar surface area (TPSA) is 105 Å². The third kappa shape index (κ3) is 3.40. The molecule has 3 atom stereocenters. The summed E-state index contributed by atoms with van der Waals surface area (Å²) in [5, 5.41) is 11.9. The van der Waals surface area contributed by atoms with Crippen molar-refractivity contribution >= 4 is 29.7 Å². The van der Waals surface area contributed by atoms with Crippen LogP contribution in [0.5, 0.6) is 0 Å². The van der Waals surface area contributed by atoms with E-state index < -0.39 is 41.8 Å². The lowest BCUT2D eigenvalue weighted by Gasteiger charge is -2.29. The number of methoxy groups -OCH3 is 1. The summed E-state index contributed by atoms with van der Waals surface area (Å²) in [6.45, 7) is 4.55. The van der Waals surface area contributed by atoms with Crippen LogP contribution in [0.4, 0.5) is 4.79 Å². The largest absolute Gasteiger partial charge is 0.467 e. The van der Waals surface area contributed by atoms with Gasteiger partial charge in [0.05, 0.1) is 19.1 Å².